The number of allylic oxidation sites excluding steroid dienone is 1. The van der Waals surface area contributed by atoms with E-state index in [1.54, 1.807) is 19.4 Å². The molecule has 2 aromatic heterocycles. The number of nitrogens with zero attached hydrogens (tertiary/aromatic N) is 3. The lowest BCUT2D eigenvalue weighted by Crippen LogP contribution is -2.19. The van der Waals surface area contributed by atoms with Crippen molar-refractivity contribution in [1.29, 1.82) is 5.41 Å². The first-order valence-electron chi connectivity index (χ1n) is 8.64. The number of pyridine rings is 1. The highest BCUT2D eigenvalue weighted by atomic mass is 16.5. The molecular weight excluding hydrogens is 342 g/mol. The van der Waals surface area contributed by atoms with E-state index < -0.39 is 0 Å². The number of fused-ring (bicyclic) bond motifs is 1. The number of nitrogens with one attached hydrogen (secondary N) is 2. The third kappa shape index (κ3) is 4.03. The molecule has 7 heteroatoms. The molecule has 0 saturated carbocycles. The van der Waals surface area contributed by atoms with Gasteiger partial charge in [0, 0.05) is 43.3 Å². The van der Waals surface area contributed by atoms with E-state index in [-0.39, 0.29) is 17.7 Å². The highest BCUT2D eigenvalue weighted by Crippen LogP contribution is 2.23. The summed E-state index contributed by atoms with van der Waals surface area (Å²) >= 11 is 0. The van der Waals surface area contributed by atoms with E-state index >= 15 is 0 Å². The maximum atomic E-state index is 12.1. The number of ether oxygens (including phenoxy) is 1. The lowest BCUT2D eigenvalue weighted by Gasteiger charge is -2.10. The molecule has 0 saturated heterocycles. The van der Waals surface area contributed by atoms with Crippen LogP contribution in [0, 0.1) is 5.41 Å². The molecule has 0 unspecified atom stereocenters. The van der Waals surface area contributed by atoms with Crippen molar-refractivity contribution in [3.8, 4) is 5.75 Å². The Hall–Kier alpha value is -3.48. The van der Waals surface area contributed by atoms with Gasteiger partial charge in [-0.25, -0.2) is 4.68 Å². The van der Waals surface area contributed by atoms with Crippen molar-refractivity contribution in [2.45, 2.75) is 20.0 Å². The summed E-state index contributed by atoms with van der Waals surface area (Å²) in [5.74, 6) is 0.653. The van der Waals surface area contributed by atoms with Gasteiger partial charge >= 0.3 is 0 Å². The molecule has 1 aromatic carbocycles. The highest BCUT2D eigenvalue weighted by molar-refractivity contribution is 5.99. The van der Waals surface area contributed by atoms with Crippen molar-refractivity contribution in [3.05, 3.63) is 70.4 Å². The van der Waals surface area contributed by atoms with Gasteiger partial charge in [0.25, 0.3) is 0 Å². The van der Waals surface area contributed by atoms with Gasteiger partial charge in [-0.15, -0.1) is 0 Å². The second-order valence-electron chi connectivity index (χ2n) is 5.86. The van der Waals surface area contributed by atoms with Gasteiger partial charge in [0.1, 0.15) is 18.1 Å². The van der Waals surface area contributed by atoms with Crippen LogP contribution in [0.1, 0.15) is 18.2 Å². The number of hydrogen-bond donors (Lipinski definition) is 2. The van der Waals surface area contributed by atoms with Gasteiger partial charge in [-0.3, -0.25) is 9.78 Å². The van der Waals surface area contributed by atoms with Crippen molar-refractivity contribution in [2.24, 2.45) is 0 Å². The Bertz CT molecular complexity index is 1060. The first-order valence-corrected chi connectivity index (χ1v) is 8.64. The van der Waals surface area contributed by atoms with Crippen molar-refractivity contribution < 1.29 is 4.74 Å². The number of benzene rings is 1. The molecule has 27 heavy (non-hydrogen) atoms. The highest BCUT2D eigenvalue weighted by Gasteiger charge is 2.07. The molecule has 0 bridgehead atoms. The number of hydrogen-bond acceptors (Lipinski definition) is 6. The van der Waals surface area contributed by atoms with Gasteiger partial charge in [-0.05, 0) is 36.2 Å². The first-order chi connectivity index (χ1) is 13.2. The second kappa shape index (κ2) is 8.27. The van der Waals surface area contributed by atoms with Crippen molar-refractivity contribution >= 4 is 22.8 Å². The number of aromatic nitrogens is 3. The predicted molar refractivity (Wildman–Crippen MR) is 106 cm³/mol. The SMILES string of the molecule is CCc1ccnc2ccc(OCc3nn(/C(C=N)=C/NC)ccc3=O)cc12. The zero-order valence-electron chi connectivity index (χ0n) is 15.3. The summed E-state index contributed by atoms with van der Waals surface area (Å²) < 4.78 is 7.27. The van der Waals surface area contributed by atoms with Crippen LogP contribution in [0.25, 0.3) is 16.6 Å². The Balaban J connectivity index is 1.86. The third-order valence-electron chi connectivity index (χ3n) is 4.14. The average Bonchev–Trinajstić information content (AvgIpc) is 2.71. The Morgan fingerprint density at radius 2 is 2.19 bits per heavy atom. The van der Waals surface area contributed by atoms with Gasteiger partial charge in [0.2, 0.25) is 5.43 Å². The molecule has 138 valence electrons. The minimum Gasteiger partial charge on any atom is -0.487 e. The summed E-state index contributed by atoms with van der Waals surface area (Å²) in [7, 11) is 1.73. The molecule has 7 nitrogen and oxygen atoms in total. The van der Waals surface area contributed by atoms with E-state index in [4.69, 9.17) is 10.1 Å². The lowest BCUT2D eigenvalue weighted by molar-refractivity contribution is 0.298. The third-order valence-corrected chi connectivity index (χ3v) is 4.14. The average molecular weight is 363 g/mol. The molecule has 0 radical (unpaired) electrons. The number of aryl methyl sites for hydroxylation is 1. The molecule has 0 atom stereocenters. The summed E-state index contributed by atoms with van der Waals surface area (Å²) in [4.78, 5) is 16.5. The van der Waals surface area contributed by atoms with E-state index in [0.29, 0.717) is 11.4 Å². The normalized spacial score (nSPS) is 11.4. The van der Waals surface area contributed by atoms with Gasteiger partial charge in [0.05, 0.1) is 11.2 Å². The summed E-state index contributed by atoms with van der Waals surface area (Å²) in [6.45, 7) is 2.13. The van der Waals surface area contributed by atoms with Crippen molar-refractivity contribution in [3.63, 3.8) is 0 Å². The summed E-state index contributed by atoms with van der Waals surface area (Å²) in [6.07, 6.45) is 7.00. The second-order valence-corrected chi connectivity index (χ2v) is 5.86. The summed E-state index contributed by atoms with van der Waals surface area (Å²) in [5, 5.41) is 15.6. The largest absolute Gasteiger partial charge is 0.487 e. The van der Waals surface area contributed by atoms with Crippen LogP contribution in [0.5, 0.6) is 5.75 Å². The topological polar surface area (TPSA) is 92.9 Å². The Kier molecular flexibility index (Phi) is 5.61. The van der Waals surface area contributed by atoms with Crippen LogP contribution in [-0.4, -0.2) is 28.0 Å². The predicted octanol–water partition coefficient (Wildman–Crippen LogP) is 2.60. The van der Waals surface area contributed by atoms with Crippen LogP contribution < -0.4 is 15.5 Å². The van der Waals surface area contributed by atoms with Gasteiger partial charge < -0.3 is 15.5 Å². The number of rotatable bonds is 7. The zero-order chi connectivity index (χ0) is 19.2. The van der Waals surface area contributed by atoms with Crippen LogP contribution in [0.15, 0.2) is 53.7 Å². The van der Waals surface area contributed by atoms with Crippen LogP contribution in [0.4, 0.5) is 0 Å². The first kappa shape index (κ1) is 18.3. The van der Waals surface area contributed by atoms with Crippen molar-refractivity contribution in [1.82, 2.24) is 20.1 Å². The summed E-state index contributed by atoms with van der Waals surface area (Å²) in [5.41, 5.74) is 2.66. The molecular formula is C20H21N5O2. The van der Waals surface area contributed by atoms with E-state index in [9.17, 15) is 4.79 Å². The summed E-state index contributed by atoms with van der Waals surface area (Å²) in [6, 6.07) is 9.09. The molecule has 2 heterocycles. The Labute approximate surface area is 156 Å². The minimum absolute atomic E-state index is 0.0394. The smallest absolute Gasteiger partial charge is 0.206 e. The maximum absolute atomic E-state index is 12.1. The van der Waals surface area contributed by atoms with Crippen LogP contribution in [-0.2, 0) is 13.0 Å². The van der Waals surface area contributed by atoms with Crippen LogP contribution >= 0.6 is 0 Å². The van der Waals surface area contributed by atoms with Crippen molar-refractivity contribution in [2.75, 3.05) is 7.05 Å². The Morgan fingerprint density at radius 1 is 1.33 bits per heavy atom. The molecule has 0 spiro atoms. The monoisotopic (exact) mass is 363 g/mol. The van der Waals surface area contributed by atoms with Gasteiger partial charge in [-0.1, -0.05) is 6.92 Å². The zero-order valence-corrected chi connectivity index (χ0v) is 15.3. The fraction of sp³-hybridized carbons (Fsp3) is 0.200. The fourth-order valence-corrected chi connectivity index (χ4v) is 2.74. The van der Waals surface area contributed by atoms with Gasteiger partial charge in [-0.2, -0.15) is 5.10 Å². The molecule has 2 N–H and O–H groups in total. The van der Waals surface area contributed by atoms with E-state index in [0.717, 1.165) is 23.5 Å². The quantitative estimate of drug-likeness (QED) is 0.630. The van der Waals surface area contributed by atoms with Gasteiger partial charge in [0.15, 0.2) is 0 Å². The lowest BCUT2D eigenvalue weighted by atomic mass is 10.1. The molecule has 0 amide bonds. The van der Waals surface area contributed by atoms with E-state index in [1.807, 2.05) is 24.3 Å². The molecule has 0 aliphatic rings. The Morgan fingerprint density at radius 3 is 2.93 bits per heavy atom. The van der Waals surface area contributed by atoms with Crippen LogP contribution in [0.3, 0.4) is 0 Å². The van der Waals surface area contributed by atoms with Crippen LogP contribution in [0.2, 0.25) is 0 Å². The molecule has 0 aliphatic carbocycles. The van der Waals surface area contributed by atoms with E-state index in [2.05, 4.69) is 22.3 Å². The molecule has 3 rings (SSSR count). The molecule has 0 aliphatic heterocycles. The maximum Gasteiger partial charge on any atom is 0.206 e. The fourth-order valence-electron chi connectivity index (χ4n) is 2.74. The molecule has 0 fully saturated rings. The molecule has 3 aromatic rings. The standard InChI is InChI=1S/C20H21N5O2/c1-3-14-6-8-23-18-5-4-16(10-17(14)18)27-13-19-20(26)7-9-25(24-19)15(11-21)12-22-2/h4-12,21-22H,3,13H2,1-2H3/b15-12+,21-11?. The van der Waals surface area contributed by atoms with E-state index in [1.165, 1.54) is 22.5 Å². The minimum atomic E-state index is -0.211.